The SMILES string of the molecule is CNCC(=O)N1CC(c2ccc3[nH]c(-c4cc(C)c5ncnn5c4)c(C(C)C)c3c2)C1. The first kappa shape index (κ1) is 19.8. The molecule has 1 aliphatic heterocycles. The van der Waals surface area contributed by atoms with Crippen molar-refractivity contribution in [1.82, 2.24) is 29.8 Å². The average molecular weight is 417 g/mol. The van der Waals surface area contributed by atoms with E-state index < -0.39 is 0 Å². The van der Waals surface area contributed by atoms with Gasteiger partial charge >= 0.3 is 0 Å². The van der Waals surface area contributed by atoms with Crippen molar-refractivity contribution < 1.29 is 4.79 Å². The van der Waals surface area contributed by atoms with Gasteiger partial charge in [0.1, 0.15) is 6.33 Å². The number of likely N-dealkylation sites (N-methyl/N-ethyl adjacent to an activating group) is 1. The highest BCUT2D eigenvalue weighted by Crippen LogP contribution is 2.38. The van der Waals surface area contributed by atoms with Gasteiger partial charge in [-0.2, -0.15) is 5.10 Å². The fourth-order valence-corrected chi connectivity index (χ4v) is 4.70. The summed E-state index contributed by atoms with van der Waals surface area (Å²) < 4.78 is 1.84. The first-order chi connectivity index (χ1) is 15.0. The molecule has 1 fully saturated rings. The first-order valence-electron chi connectivity index (χ1n) is 10.8. The number of nitrogens with zero attached hydrogens (tertiary/aromatic N) is 4. The number of aryl methyl sites for hydroxylation is 1. The van der Waals surface area contributed by atoms with Crippen molar-refractivity contribution in [3.05, 3.63) is 53.5 Å². The molecule has 1 amide bonds. The third kappa shape index (κ3) is 3.29. The molecule has 5 rings (SSSR count). The van der Waals surface area contributed by atoms with Gasteiger partial charge in [-0.25, -0.2) is 9.50 Å². The highest BCUT2D eigenvalue weighted by molar-refractivity contribution is 5.92. The van der Waals surface area contributed by atoms with E-state index in [1.54, 1.807) is 6.33 Å². The number of fused-ring (bicyclic) bond motifs is 2. The van der Waals surface area contributed by atoms with Crippen molar-refractivity contribution >= 4 is 22.5 Å². The van der Waals surface area contributed by atoms with Gasteiger partial charge in [-0.3, -0.25) is 4.79 Å². The summed E-state index contributed by atoms with van der Waals surface area (Å²) in [5, 5.41) is 8.54. The summed E-state index contributed by atoms with van der Waals surface area (Å²) in [6, 6.07) is 8.87. The number of carbonyl (C=O) groups is 1. The monoisotopic (exact) mass is 416 g/mol. The van der Waals surface area contributed by atoms with Crippen molar-refractivity contribution in [2.75, 3.05) is 26.7 Å². The zero-order valence-electron chi connectivity index (χ0n) is 18.4. The molecule has 7 nitrogen and oxygen atoms in total. The van der Waals surface area contributed by atoms with E-state index in [-0.39, 0.29) is 5.91 Å². The molecule has 31 heavy (non-hydrogen) atoms. The van der Waals surface area contributed by atoms with Crippen LogP contribution in [0.4, 0.5) is 0 Å². The minimum atomic E-state index is 0.172. The molecule has 0 atom stereocenters. The Labute approximate surface area is 181 Å². The normalized spacial score (nSPS) is 14.7. The van der Waals surface area contributed by atoms with Gasteiger partial charge in [0.15, 0.2) is 5.65 Å². The van der Waals surface area contributed by atoms with Gasteiger partial charge in [0.2, 0.25) is 5.91 Å². The van der Waals surface area contributed by atoms with E-state index in [4.69, 9.17) is 0 Å². The highest BCUT2D eigenvalue weighted by atomic mass is 16.2. The Morgan fingerprint density at radius 1 is 1.29 bits per heavy atom. The molecule has 1 aromatic carbocycles. The third-order valence-corrected chi connectivity index (χ3v) is 6.32. The van der Waals surface area contributed by atoms with E-state index in [0.717, 1.165) is 41.1 Å². The van der Waals surface area contributed by atoms with E-state index in [9.17, 15) is 4.79 Å². The molecule has 160 valence electrons. The van der Waals surface area contributed by atoms with E-state index in [1.807, 2.05) is 22.7 Å². The van der Waals surface area contributed by atoms with Gasteiger partial charge in [0, 0.05) is 41.7 Å². The Morgan fingerprint density at radius 3 is 2.84 bits per heavy atom. The number of benzene rings is 1. The molecule has 7 heteroatoms. The highest BCUT2D eigenvalue weighted by Gasteiger charge is 2.31. The second-order valence-corrected chi connectivity index (χ2v) is 8.84. The van der Waals surface area contributed by atoms with E-state index >= 15 is 0 Å². The van der Waals surface area contributed by atoms with Crippen LogP contribution in [0.25, 0.3) is 27.8 Å². The Bertz CT molecular complexity index is 1280. The Kier molecular flexibility index (Phi) is 4.78. The van der Waals surface area contributed by atoms with Gasteiger partial charge in [-0.15, -0.1) is 0 Å². The number of aromatic nitrogens is 4. The number of carbonyl (C=O) groups excluding carboxylic acids is 1. The molecule has 4 aromatic rings. The standard InChI is InChI=1S/C24H28N6O/c1-14(2)22-19-8-16(18-10-29(11-18)21(31)9-25-4)5-6-20(19)28-23(22)17-7-15(3)24-26-13-27-30(24)12-17/h5-8,12-14,18,25,28H,9-11H2,1-4H3. The summed E-state index contributed by atoms with van der Waals surface area (Å²) in [4.78, 5) is 22.0. The van der Waals surface area contributed by atoms with Crippen molar-refractivity contribution in [2.24, 2.45) is 0 Å². The predicted molar refractivity (Wildman–Crippen MR) is 122 cm³/mol. The molecule has 1 saturated heterocycles. The molecule has 2 N–H and O–H groups in total. The van der Waals surface area contributed by atoms with Crippen LogP contribution < -0.4 is 5.32 Å². The lowest BCUT2D eigenvalue weighted by Gasteiger charge is -2.39. The molecule has 0 aliphatic carbocycles. The molecule has 3 aromatic heterocycles. The maximum absolute atomic E-state index is 12.1. The molecule has 0 unspecified atom stereocenters. The van der Waals surface area contributed by atoms with Crippen molar-refractivity contribution in [3.8, 4) is 11.3 Å². The number of nitrogens with one attached hydrogen (secondary N) is 2. The van der Waals surface area contributed by atoms with Crippen molar-refractivity contribution in [1.29, 1.82) is 0 Å². The maximum Gasteiger partial charge on any atom is 0.236 e. The fourth-order valence-electron chi connectivity index (χ4n) is 4.70. The number of likely N-dealkylation sites (tertiary alicyclic amines) is 1. The number of pyridine rings is 1. The van der Waals surface area contributed by atoms with Gasteiger partial charge in [0.25, 0.3) is 0 Å². The number of H-pyrrole nitrogens is 1. The minimum Gasteiger partial charge on any atom is -0.354 e. The van der Waals surface area contributed by atoms with Gasteiger partial charge < -0.3 is 15.2 Å². The Hall–Kier alpha value is -3.19. The fraction of sp³-hybridized carbons (Fsp3) is 0.375. The topological polar surface area (TPSA) is 78.3 Å². The lowest BCUT2D eigenvalue weighted by atomic mass is 9.89. The smallest absolute Gasteiger partial charge is 0.236 e. The predicted octanol–water partition coefficient (Wildman–Crippen LogP) is 3.45. The molecule has 0 bridgehead atoms. The first-order valence-corrected chi connectivity index (χ1v) is 10.8. The largest absolute Gasteiger partial charge is 0.354 e. The lowest BCUT2D eigenvalue weighted by molar-refractivity contribution is -0.134. The molecule has 0 saturated carbocycles. The number of hydrogen-bond acceptors (Lipinski definition) is 4. The minimum absolute atomic E-state index is 0.172. The summed E-state index contributed by atoms with van der Waals surface area (Å²) in [6.45, 7) is 8.54. The van der Waals surface area contributed by atoms with Crippen LogP contribution in [0.1, 0.15) is 42.4 Å². The van der Waals surface area contributed by atoms with Crippen LogP contribution in [0, 0.1) is 6.92 Å². The van der Waals surface area contributed by atoms with Crippen LogP contribution in [0.3, 0.4) is 0 Å². The second-order valence-electron chi connectivity index (χ2n) is 8.84. The summed E-state index contributed by atoms with van der Waals surface area (Å²) in [5.74, 6) is 0.934. The zero-order valence-corrected chi connectivity index (χ0v) is 18.4. The van der Waals surface area contributed by atoms with Crippen LogP contribution >= 0.6 is 0 Å². The van der Waals surface area contributed by atoms with Gasteiger partial charge in [-0.05, 0) is 54.8 Å². The molecular weight excluding hydrogens is 388 g/mol. The van der Waals surface area contributed by atoms with Gasteiger partial charge in [-0.1, -0.05) is 19.9 Å². The van der Waals surface area contributed by atoms with Crippen LogP contribution in [-0.2, 0) is 4.79 Å². The number of rotatable bonds is 5. The van der Waals surface area contributed by atoms with Crippen LogP contribution in [0.15, 0.2) is 36.8 Å². The maximum atomic E-state index is 12.1. The van der Waals surface area contributed by atoms with Crippen molar-refractivity contribution in [2.45, 2.75) is 32.6 Å². The lowest BCUT2D eigenvalue weighted by Crippen LogP contribution is -2.50. The molecule has 0 radical (unpaired) electrons. The second kappa shape index (κ2) is 7.50. The number of aromatic amines is 1. The Morgan fingerprint density at radius 2 is 2.10 bits per heavy atom. The molecule has 4 heterocycles. The molecule has 1 aliphatic rings. The average Bonchev–Trinajstić information content (AvgIpc) is 3.31. The summed E-state index contributed by atoms with van der Waals surface area (Å²) in [5.41, 5.74) is 8.00. The van der Waals surface area contributed by atoms with Crippen LogP contribution in [-0.4, -0.2) is 57.1 Å². The van der Waals surface area contributed by atoms with E-state index in [2.05, 4.69) is 65.4 Å². The van der Waals surface area contributed by atoms with E-state index in [0.29, 0.717) is 18.4 Å². The number of amides is 1. The van der Waals surface area contributed by atoms with Gasteiger partial charge in [0.05, 0.1) is 12.2 Å². The Balaban J connectivity index is 1.53. The van der Waals surface area contributed by atoms with Crippen LogP contribution in [0.5, 0.6) is 0 Å². The summed E-state index contributed by atoms with van der Waals surface area (Å²) in [6.07, 6.45) is 3.64. The summed E-state index contributed by atoms with van der Waals surface area (Å²) in [7, 11) is 1.81. The number of hydrogen-bond donors (Lipinski definition) is 2. The zero-order chi connectivity index (χ0) is 21.7. The summed E-state index contributed by atoms with van der Waals surface area (Å²) >= 11 is 0. The third-order valence-electron chi connectivity index (χ3n) is 6.32. The molecular formula is C24H28N6O. The van der Waals surface area contributed by atoms with Crippen molar-refractivity contribution in [3.63, 3.8) is 0 Å². The molecule has 0 spiro atoms. The van der Waals surface area contributed by atoms with E-state index in [1.165, 1.54) is 16.5 Å². The quantitative estimate of drug-likeness (QED) is 0.522. The van der Waals surface area contributed by atoms with Crippen LogP contribution in [0.2, 0.25) is 0 Å².